The maximum Gasteiger partial charge on any atom is 0.128 e. The van der Waals surface area contributed by atoms with Crippen molar-refractivity contribution in [1.82, 2.24) is 5.32 Å². The summed E-state index contributed by atoms with van der Waals surface area (Å²) in [6.45, 7) is 2.02. The third-order valence-corrected chi connectivity index (χ3v) is 2.03. The number of nitrogens with one attached hydrogen (secondary N) is 1. The van der Waals surface area contributed by atoms with Gasteiger partial charge in [-0.3, -0.25) is 5.32 Å². The van der Waals surface area contributed by atoms with Gasteiger partial charge in [0, 0.05) is 6.54 Å². The van der Waals surface area contributed by atoms with E-state index >= 15 is 0 Å². The van der Waals surface area contributed by atoms with Crippen LogP contribution in [-0.4, -0.2) is 28.2 Å². The highest BCUT2D eigenvalue weighted by Crippen LogP contribution is 2.15. The second kappa shape index (κ2) is 4.95. The van der Waals surface area contributed by atoms with Crippen molar-refractivity contribution in [2.75, 3.05) is 6.61 Å². The summed E-state index contributed by atoms with van der Waals surface area (Å²) >= 11 is 0. The molecule has 78 valence electrons. The van der Waals surface area contributed by atoms with Crippen LogP contribution in [0.4, 0.5) is 0 Å². The summed E-state index contributed by atoms with van der Waals surface area (Å²) in [6, 6.07) is 5.05. The van der Waals surface area contributed by atoms with Crippen molar-refractivity contribution in [2.24, 2.45) is 0 Å². The van der Waals surface area contributed by atoms with Crippen LogP contribution in [0.25, 0.3) is 0 Å². The fraction of sp³-hybridized carbons (Fsp3) is 0.400. The van der Waals surface area contributed by atoms with Gasteiger partial charge in [-0.15, -0.1) is 0 Å². The molecular weight excluding hydrogens is 182 g/mol. The summed E-state index contributed by atoms with van der Waals surface area (Å²) in [5, 5.41) is 29.6. The minimum atomic E-state index is -0.920. The monoisotopic (exact) mass is 197 g/mol. The van der Waals surface area contributed by atoms with Crippen LogP contribution in [0, 0.1) is 6.92 Å². The highest BCUT2D eigenvalue weighted by Gasteiger charge is 2.03. The minimum absolute atomic E-state index is 0.200. The highest BCUT2D eigenvalue weighted by molar-refractivity contribution is 5.33. The van der Waals surface area contributed by atoms with E-state index in [1.165, 1.54) is 0 Å². The maximum absolute atomic E-state index is 9.22. The van der Waals surface area contributed by atoms with Crippen molar-refractivity contribution in [3.8, 4) is 5.75 Å². The zero-order chi connectivity index (χ0) is 10.6. The fourth-order valence-corrected chi connectivity index (χ4v) is 1.14. The molecule has 0 saturated heterocycles. The lowest BCUT2D eigenvalue weighted by atomic mass is 10.1. The number of aliphatic hydroxyl groups is 2. The van der Waals surface area contributed by atoms with Gasteiger partial charge in [-0.2, -0.15) is 0 Å². The van der Waals surface area contributed by atoms with Crippen molar-refractivity contribution in [3.63, 3.8) is 0 Å². The van der Waals surface area contributed by atoms with Crippen LogP contribution in [0.2, 0.25) is 0 Å². The molecule has 0 heterocycles. The fourth-order valence-electron chi connectivity index (χ4n) is 1.14. The molecule has 0 aliphatic rings. The second-order valence-electron chi connectivity index (χ2n) is 3.19. The lowest BCUT2D eigenvalue weighted by molar-refractivity contribution is 0.0665. The SMILES string of the molecule is Cc1ccc(O)cc1CNC(O)CO. The summed E-state index contributed by atoms with van der Waals surface area (Å²) in [7, 11) is 0. The van der Waals surface area contributed by atoms with Crippen LogP contribution in [0.15, 0.2) is 18.2 Å². The van der Waals surface area contributed by atoms with E-state index < -0.39 is 6.23 Å². The van der Waals surface area contributed by atoms with Gasteiger partial charge in [-0.25, -0.2) is 0 Å². The number of phenols is 1. The van der Waals surface area contributed by atoms with Gasteiger partial charge in [-0.1, -0.05) is 6.07 Å². The Morgan fingerprint density at radius 1 is 1.43 bits per heavy atom. The van der Waals surface area contributed by atoms with Crippen LogP contribution in [0.3, 0.4) is 0 Å². The summed E-state index contributed by atoms with van der Waals surface area (Å²) in [5.74, 6) is 0.200. The molecule has 0 saturated carbocycles. The first-order valence-corrected chi connectivity index (χ1v) is 4.44. The van der Waals surface area contributed by atoms with Crippen LogP contribution in [0.1, 0.15) is 11.1 Å². The van der Waals surface area contributed by atoms with E-state index in [-0.39, 0.29) is 12.4 Å². The number of aryl methyl sites for hydroxylation is 1. The standard InChI is InChI=1S/C10H15NO3/c1-7-2-3-9(13)4-8(7)5-11-10(14)6-12/h2-4,10-14H,5-6H2,1H3. The molecule has 0 aliphatic carbocycles. The van der Waals surface area contributed by atoms with Crippen LogP contribution < -0.4 is 5.32 Å². The molecule has 1 rings (SSSR count). The molecule has 0 bridgehead atoms. The Morgan fingerprint density at radius 2 is 2.14 bits per heavy atom. The molecule has 0 amide bonds. The third kappa shape index (κ3) is 2.99. The first-order valence-electron chi connectivity index (χ1n) is 4.44. The smallest absolute Gasteiger partial charge is 0.128 e. The van der Waals surface area contributed by atoms with E-state index in [2.05, 4.69) is 5.32 Å². The first kappa shape index (κ1) is 11.0. The molecular formula is C10H15NO3. The van der Waals surface area contributed by atoms with Gasteiger partial charge in [-0.05, 0) is 30.2 Å². The van der Waals surface area contributed by atoms with Crippen LogP contribution >= 0.6 is 0 Å². The number of phenolic OH excluding ortho intramolecular Hbond substituents is 1. The predicted octanol–water partition coefficient (Wildman–Crippen LogP) is 0.101. The number of aromatic hydroxyl groups is 1. The van der Waals surface area contributed by atoms with Gasteiger partial charge >= 0.3 is 0 Å². The Hall–Kier alpha value is -1.10. The van der Waals surface area contributed by atoms with E-state index in [4.69, 9.17) is 10.2 Å². The zero-order valence-corrected chi connectivity index (χ0v) is 8.07. The highest BCUT2D eigenvalue weighted by atomic mass is 16.3. The summed E-state index contributed by atoms with van der Waals surface area (Å²) in [5.41, 5.74) is 1.93. The van der Waals surface area contributed by atoms with Crippen molar-refractivity contribution >= 4 is 0 Å². The van der Waals surface area contributed by atoms with Gasteiger partial charge in [0.15, 0.2) is 0 Å². The molecule has 14 heavy (non-hydrogen) atoms. The van der Waals surface area contributed by atoms with Crippen LogP contribution in [0.5, 0.6) is 5.75 Å². The molecule has 4 heteroatoms. The molecule has 1 aromatic rings. The van der Waals surface area contributed by atoms with Crippen LogP contribution in [-0.2, 0) is 6.54 Å². The number of hydrogen-bond donors (Lipinski definition) is 4. The summed E-state index contributed by atoms with van der Waals surface area (Å²) < 4.78 is 0. The molecule has 1 atom stereocenters. The lowest BCUT2D eigenvalue weighted by Crippen LogP contribution is -2.31. The van der Waals surface area contributed by atoms with E-state index in [0.717, 1.165) is 11.1 Å². The Kier molecular flexibility index (Phi) is 3.88. The molecule has 0 aromatic heterocycles. The third-order valence-electron chi connectivity index (χ3n) is 2.03. The van der Waals surface area contributed by atoms with Crippen molar-refractivity contribution < 1.29 is 15.3 Å². The molecule has 0 aliphatic heterocycles. The summed E-state index contributed by atoms with van der Waals surface area (Å²) in [4.78, 5) is 0. The minimum Gasteiger partial charge on any atom is -0.508 e. The number of benzene rings is 1. The van der Waals surface area contributed by atoms with Gasteiger partial charge in [0.2, 0.25) is 0 Å². The Balaban J connectivity index is 2.62. The van der Waals surface area contributed by atoms with Gasteiger partial charge in [0.25, 0.3) is 0 Å². The van der Waals surface area contributed by atoms with E-state index in [1.54, 1.807) is 18.2 Å². The number of aliphatic hydroxyl groups excluding tert-OH is 2. The Morgan fingerprint density at radius 3 is 2.79 bits per heavy atom. The molecule has 0 spiro atoms. The number of rotatable bonds is 4. The Labute approximate surface area is 82.8 Å². The van der Waals surface area contributed by atoms with Crippen molar-refractivity contribution in [1.29, 1.82) is 0 Å². The zero-order valence-electron chi connectivity index (χ0n) is 8.07. The topological polar surface area (TPSA) is 72.7 Å². The van der Waals surface area contributed by atoms with Crippen molar-refractivity contribution in [3.05, 3.63) is 29.3 Å². The van der Waals surface area contributed by atoms with E-state index in [9.17, 15) is 5.11 Å². The van der Waals surface area contributed by atoms with Gasteiger partial charge in [0.05, 0.1) is 6.61 Å². The molecule has 4 nitrogen and oxygen atoms in total. The van der Waals surface area contributed by atoms with Gasteiger partial charge in [0.1, 0.15) is 12.0 Å². The molecule has 1 unspecified atom stereocenters. The van der Waals surface area contributed by atoms with Gasteiger partial charge < -0.3 is 15.3 Å². The molecule has 0 radical (unpaired) electrons. The normalized spacial score (nSPS) is 12.8. The summed E-state index contributed by atoms with van der Waals surface area (Å²) in [6.07, 6.45) is -0.920. The van der Waals surface area contributed by atoms with Crippen molar-refractivity contribution in [2.45, 2.75) is 19.7 Å². The van der Waals surface area contributed by atoms with E-state index in [0.29, 0.717) is 6.54 Å². The molecule has 4 N–H and O–H groups in total. The molecule has 0 fully saturated rings. The van der Waals surface area contributed by atoms with E-state index in [1.807, 2.05) is 6.92 Å². The number of hydrogen-bond acceptors (Lipinski definition) is 4. The maximum atomic E-state index is 9.22. The second-order valence-corrected chi connectivity index (χ2v) is 3.19. The predicted molar refractivity (Wildman–Crippen MR) is 52.8 cm³/mol. The first-order chi connectivity index (χ1) is 6.63. The molecule has 1 aromatic carbocycles. The lowest BCUT2D eigenvalue weighted by Gasteiger charge is -2.11. The quantitative estimate of drug-likeness (QED) is 0.517. The Bertz CT molecular complexity index is 301. The average molecular weight is 197 g/mol. The largest absolute Gasteiger partial charge is 0.508 e. The average Bonchev–Trinajstić information content (AvgIpc) is 2.19.